The van der Waals surface area contributed by atoms with Crippen molar-refractivity contribution in [1.82, 2.24) is 0 Å². The van der Waals surface area contributed by atoms with Gasteiger partial charge < -0.3 is 4.42 Å². The van der Waals surface area contributed by atoms with Gasteiger partial charge in [-0.25, -0.2) is 0 Å². The van der Waals surface area contributed by atoms with Crippen LogP contribution in [0.15, 0.2) is 33.4 Å². The highest BCUT2D eigenvalue weighted by Gasteiger charge is 2.07. The Morgan fingerprint density at radius 2 is 2.29 bits per heavy atom. The van der Waals surface area contributed by atoms with Gasteiger partial charge in [0.15, 0.2) is 0 Å². The van der Waals surface area contributed by atoms with Crippen LogP contribution in [-0.4, -0.2) is 5.75 Å². The summed E-state index contributed by atoms with van der Waals surface area (Å²) in [5.74, 6) is 2.16. The number of furan rings is 1. The highest BCUT2D eigenvalue weighted by molar-refractivity contribution is 9.10. The molecule has 2 aromatic rings. The molecule has 0 bridgehead atoms. The van der Waals surface area contributed by atoms with E-state index in [1.54, 1.807) is 0 Å². The maximum Gasteiger partial charge on any atom is 0.135 e. The topological polar surface area (TPSA) is 13.1 Å². The summed E-state index contributed by atoms with van der Waals surface area (Å²) in [6, 6.07) is 6.05. The van der Waals surface area contributed by atoms with Gasteiger partial charge in [-0.2, -0.15) is 11.8 Å². The Morgan fingerprint density at radius 1 is 1.43 bits per heavy atom. The fraction of sp³-hybridized carbons (Fsp3) is 0.273. The predicted octanol–water partition coefficient (Wildman–Crippen LogP) is 4.45. The lowest BCUT2D eigenvalue weighted by atomic mass is 10.2. The summed E-state index contributed by atoms with van der Waals surface area (Å²) in [5.41, 5.74) is 2.24. The molecule has 3 heteroatoms. The molecule has 2 rings (SSSR count). The average Bonchev–Trinajstić information content (AvgIpc) is 2.59. The third kappa shape index (κ3) is 1.84. The average molecular weight is 271 g/mol. The van der Waals surface area contributed by atoms with Crippen LogP contribution in [0.5, 0.6) is 0 Å². The first kappa shape index (κ1) is 10.1. The quantitative estimate of drug-likeness (QED) is 0.818. The van der Waals surface area contributed by atoms with Crippen LogP contribution < -0.4 is 0 Å². The Labute approximate surface area is 96.0 Å². The van der Waals surface area contributed by atoms with Crippen molar-refractivity contribution >= 4 is 38.7 Å². The minimum absolute atomic E-state index is 0.964. The van der Waals surface area contributed by atoms with Crippen molar-refractivity contribution in [2.24, 2.45) is 0 Å². The second kappa shape index (κ2) is 4.41. The van der Waals surface area contributed by atoms with Gasteiger partial charge in [0, 0.05) is 21.2 Å². The summed E-state index contributed by atoms with van der Waals surface area (Å²) in [5, 5.41) is 1.22. The third-order valence-electron chi connectivity index (χ3n) is 2.09. The van der Waals surface area contributed by atoms with Gasteiger partial charge in [0.2, 0.25) is 0 Å². The maximum absolute atomic E-state index is 5.48. The summed E-state index contributed by atoms with van der Waals surface area (Å²) in [6.07, 6.45) is 1.86. The Morgan fingerprint density at radius 3 is 3.07 bits per heavy atom. The van der Waals surface area contributed by atoms with Crippen molar-refractivity contribution in [3.63, 3.8) is 0 Å². The van der Waals surface area contributed by atoms with Gasteiger partial charge >= 0.3 is 0 Å². The zero-order chi connectivity index (χ0) is 9.97. The van der Waals surface area contributed by atoms with Crippen LogP contribution in [0.2, 0.25) is 0 Å². The molecule has 0 radical (unpaired) electrons. The van der Waals surface area contributed by atoms with E-state index in [1.807, 2.05) is 30.2 Å². The van der Waals surface area contributed by atoms with Gasteiger partial charge in [-0.1, -0.05) is 28.9 Å². The van der Waals surface area contributed by atoms with E-state index < -0.39 is 0 Å². The highest BCUT2D eigenvalue weighted by Crippen LogP contribution is 2.30. The molecular weight excluding hydrogens is 260 g/mol. The standard InChI is InChI=1S/C11H11BrOS/c1-2-14-7-8-6-13-10-5-3-4-9(12)11(8)10/h3-6H,2,7H2,1H3. The van der Waals surface area contributed by atoms with Crippen molar-refractivity contribution in [2.45, 2.75) is 12.7 Å². The van der Waals surface area contributed by atoms with E-state index in [1.165, 1.54) is 10.9 Å². The van der Waals surface area contributed by atoms with E-state index in [0.717, 1.165) is 21.6 Å². The first-order valence-corrected chi connectivity index (χ1v) is 6.50. The molecule has 0 amide bonds. The lowest BCUT2D eigenvalue weighted by Gasteiger charge is -1.97. The third-order valence-corrected chi connectivity index (χ3v) is 3.67. The number of rotatable bonds is 3. The molecule has 0 unspecified atom stereocenters. The molecule has 1 heterocycles. The monoisotopic (exact) mass is 270 g/mol. The van der Waals surface area contributed by atoms with Crippen molar-refractivity contribution in [2.75, 3.05) is 5.75 Å². The summed E-state index contributed by atoms with van der Waals surface area (Å²) >= 11 is 5.46. The number of thioether (sulfide) groups is 1. The minimum Gasteiger partial charge on any atom is -0.464 e. The molecule has 0 aliphatic rings. The number of hydrogen-bond acceptors (Lipinski definition) is 2. The van der Waals surface area contributed by atoms with Crippen LogP contribution in [0.3, 0.4) is 0 Å². The molecule has 1 aromatic heterocycles. The summed E-state index contributed by atoms with van der Waals surface area (Å²) in [6.45, 7) is 2.17. The molecule has 14 heavy (non-hydrogen) atoms. The SMILES string of the molecule is CCSCc1coc2cccc(Br)c12. The molecule has 0 aliphatic heterocycles. The largest absolute Gasteiger partial charge is 0.464 e. The van der Waals surface area contributed by atoms with Gasteiger partial charge in [0.1, 0.15) is 5.58 Å². The normalized spacial score (nSPS) is 11.0. The summed E-state index contributed by atoms with van der Waals surface area (Å²) in [7, 11) is 0. The van der Waals surface area contributed by atoms with Gasteiger partial charge in [0.25, 0.3) is 0 Å². The maximum atomic E-state index is 5.48. The van der Waals surface area contributed by atoms with Crippen LogP contribution in [0.1, 0.15) is 12.5 Å². The van der Waals surface area contributed by atoms with Crippen LogP contribution >= 0.6 is 27.7 Å². The lowest BCUT2D eigenvalue weighted by molar-refractivity contribution is 0.612. The van der Waals surface area contributed by atoms with Crippen molar-refractivity contribution in [3.05, 3.63) is 34.5 Å². The lowest BCUT2D eigenvalue weighted by Crippen LogP contribution is -1.79. The van der Waals surface area contributed by atoms with Crippen molar-refractivity contribution in [3.8, 4) is 0 Å². The first-order valence-electron chi connectivity index (χ1n) is 4.55. The van der Waals surface area contributed by atoms with E-state index in [9.17, 15) is 0 Å². The molecule has 0 aliphatic carbocycles. The van der Waals surface area contributed by atoms with E-state index in [0.29, 0.717) is 0 Å². The van der Waals surface area contributed by atoms with E-state index in [-0.39, 0.29) is 0 Å². The van der Waals surface area contributed by atoms with E-state index in [4.69, 9.17) is 4.42 Å². The van der Waals surface area contributed by atoms with Crippen LogP contribution in [0, 0.1) is 0 Å². The minimum atomic E-state index is 0.964. The number of halogens is 1. The predicted molar refractivity (Wildman–Crippen MR) is 65.8 cm³/mol. The van der Waals surface area contributed by atoms with Crippen molar-refractivity contribution in [1.29, 1.82) is 0 Å². The first-order chi connectivity index (χ1) is 6.83. The molecule has 1 aromatic carbocycles. The van der Waals surface area contributed by atoms with Gasteiger partial charge in [0.05, 0.1) is 6.26 Å². The van der Waals surface area contributed by atoms with E-state index in [2.05, 4.69) is 28.9 Å². The van der Waals surface area contributed by atoms with Crippen LogP contribution in [-0.2, 0) is 5.75 Å². The molecule has 74 valence electrons. The summed E-state index contributed by atoms with van der Waals surface area (Å²) in [4.78, 5) is 0. The summed E-state index contributed by atoms with van der Waals surface area (Å²) < 4.78 is 6.60. The molecule has 0 N–H and O–H groups in total. The van der Waals surface area contributed by atoms with Gasteiger partial charge in [-0.3, -0.25) is 0 Å². The zero-order valence-electron chi connectivity index (χ0n) is 7.92. The zero-order valence-corrected chi connectivity index (χ0v) is 10.3. The molecule has 0 saturated carbocycles. The second-order valence-corrected chi connectivity index (χ2v) is 5.14. The molecule has 0 atom stereocenters. The number of benzene rings is 1. The molecule has 0 fully saturated rings. The Kier molecular flexibility index (Phi) is 3.19. The van der Waals surface area contributed by atoms with Gasteiger partial charge in [-0.05, 0) is 17.9 Å². The second-order valence-electron chi connectivity index (χ2n) is 3.01. The van der Waals surface area contributed by atoms with E-state index >= 15 is 0 Å². The fourth-order valence-corrected chi connectivity index (χ4v) is 2.67. The highest BCUT2D eigenvalue weighted by atomic mass is 79.9. The molecular formula is C11H11BrOS. The van der Waals surface area contributed by atoms with Crippen LogP contribution in [0.25, 0.3) is 11.0 Å². The molecule has 1 nitrogen and oxygen atoms in total. The fourth-order valence-electron chi connectivity index (χ4n) is 1.43. The van der Waals surface area contributed by atoms with Crippen molar-refractivity contribution < 1.29 is 4.42 Å². The Hall–Kier alpha value is -0.410. The van der Waals surface area contributed by atoms with Crippen LogP contribution in [0.4, 0.5) is 0 Å². The molecule has 0 saturated heterocycles. The Balaban J connectivity index is 2.45. The number of fused-ring (bicyclic) bond motifs is 1. The smallest absolute Gasteiger partial charge is 0.135 e. The number of hydrogen-bond donors (Lipinski definition) is 0. The molecule has 0 spiro atoms. The Bertz CT molecular complexity index is 436. The van der Waals surface area contributed by atoms with Gasteiger partial charge in [-0.15, -0.1) is 0 Å².